The normalized spacial score (nSPS) is 10.4. The highest BCUT2D eigenvalue weighted by Crippen LogP contribution is 2.33. The van der Waals surface area contributed by atoms with E-state index in [0.717, 1.165) is 5.56 Å². The Labute approximate surface area is 114 Å². The third-order valence-electron chi connectivity index (χ3n) is 2.37. The van der Waals surface area contributed by atoms with Gasteiger partial charge in [0.15, 0.2) is 11.6 Å². The zero-order valence-electron chi connectivity index (χ0n) is 9.29. The molecule has 0 saturated carbocycles. The Morgan fingerprint density at radius 3 is 2.50 bits per heavy atom. The molecule has 0 atom stereocenters. The van der Waals surface area contributed by atoms with E-state index >= 15 is 0 Å². The van der Waals surface area contributed by atoms with E-state index in [-0.39, 0.29) is 10.8 Å². The van der Waals surface area contributed by atoms with Crippen molar-refractivity contribution in [1.29, 1.82) is 0 Å². The molecule has 2 rings (SSSR count). The molecule has 0 amide bonds. The molecular formula is C13H10Cl2FNO. The molecule has 0 aliphatic heterocycles. The summed E-state index contributed by atoms with van der Waals surface area (Å²) < 4.78 is 19.0. The first-order valence-corrected chi connectivity index (χ1v) is 5.97. The number of halogens is 3. The summed E-state index contributed by atoms with van der Waals surface area (Å²) >= 11 is 11.7. The lowest BCUT2D eigenvalue weighted by atomic mass is 10.2. The molecule has 0 heterocycles. The van der Waals surface area contributed by atoms with Crippen LogP contribution in [0.3, 0.4) is 0 Å². The fraction of sp³-hybridized carbons (Fsp3) is 0.0769. The van der Waals surface area contributed by atoms with Gasteiger partial charge < -0.3 is 10.5 Å². The van der Waals surface area contributed by atoms with E-state index in [4.69, 9.17) is 33.7 Å². The van der Waals surface area contributed by atoms with Crippen LogP contribution in [-0.4, -0.2) is 0 Å². The van der Waals surface area contributed by atoms with Crippen LogP contribution < -0.4 is 10.5 Å². The number of hydrogen-bond acceptors (Lipinski definition) is 2. The summed E-state index contributed by atoms with van der Waals surface area (Å²) in [6.07, 6.45) is 0. The van der Waals surface area contributed by atoms with Gasteiger partial charge in [-0.15, -0.1) is 0 Å². The van der Waals surface area contributed by atoms with Crippen molar-refractivity contribution in [2.24, 2.45) is 5.73 Å². The van der Waals surface area contributed by atoms with E-state index in [9.17, 15) is 4.39 Å². The molecule has 2 N–H and O–H groups in total. The van der Waals surface area contributed by atoms with Gasteiger partial charge >= 0.3 is 0 Å². The lowest BCUT2D eigenvalue weighted by Crippen LogP contribution is -1.96. The molecule has 2 aromatic rings. The highest BCUT2D eigenvalue weighted by Gasteiger charge is 2.10. The summed E-state index contributed by atoms with van der Waals surface area (Å²) in [5.74, 6) is -0.224. The third kappa shape index (κ3) is 2.75. The largest absolute Gasteiger partial charge is 0.453 e. The number of rotatable bonds is 3. The fourth-order valence-corrected chi connectivity index (χ4v) is 1.84. The van der Waals surface area contributed by atoms with Gasteiger partial charge in [-0.25, -0.2) is 4.39 Å². The van der Waals surface area contributed by atoms with Crippen LogP contribution in [0.5, 0.6) is 11.5 Å². The highest BCUT2D eigenvalue weighted by molar-refractivity contribution is 6.32. The second-order valence-corrected chi connectivity index (χ2v) is 4.44. The Hall–Kier alpha value is -1.29. The van der Waals surface area contributed by atoms with Crippen LogP contribution in [0.1, 0.15) is 5.56 Å². The number of benzene rings is 2. The van der Waals surface area contributed by atoms with E-state index < -0.39 is 5.82 Å². The van der Waals surface area contributed by atoms with Crippen molar-refractivity contribution in [3.63, 3.8) is 0 Å². The average molecular weight is 286 g/mol. The Bertz CT molecular complexity index is 575. The summed E-state index contributed by atoms with van der Waals surface area (Å²) in [4.78, 5) is 0. The van der Waals surface area contributed by atoms with Crippen LogP contribution in [0, 0.1) is 5.82 Å². The highest BCUT2D eigenvalue weighted by atomic mass is 35.5. The Kier molecular flexibility index (Phi) is 4.07. The summed E-state index contributed by atoms with van der Waals surface area (Å²) in [6.45, 7) is 0.380. The van der Waals surface area contributed by atoms with E-state index in [1.54, 1.807) is 24.3 Å². The molecule has 2 nitrogen and oxygen atoms in total. The average Bonchev–Trinajstić information content (AvgIpc) is 2.37. The minimum Gasteiger partial charge on any atom is -0.453 e. The SMILES string of the molecule is NCc1ccc(Oc2cccc(Cl)c2F)c(Cl)c1. The van der Waals surface area contributed by atoms with Crippen LogP contribution in [0.2, 0.25) is 10.0 Å². The van der Waals surface area contributed by atoms with Crippen molar-refractivity contribution in [3.8, 4) is 11.5 Å². The van der Waals surface area contributed by atoms with Crippen molar-refractivity contribution in [2.45, 2.75) is 6.54 Å². The first-order valence-electron chi connectivity index (χ1n) is 5.22. The zero-order chi connectivity index (χ0) is 13.1. The van der Waals surface area contributed by atoms with Crippen LogP contribution in [-0.2, 0) is 6.54 Å². The summed E-state index contributed by atoms with van der Waals surface area (Å²) in [5, 5.41) is 0.375. The Morgan fingerprint density at radius 1 is 1.06 bits per heavy atom. The van der Waals surface area contributed by atoms with Crippen molar-refractivity contribution in [3.05, 3.63) is 57.8 Å². The molecule has 0 bridgehead atoms. The summed E-state index contributed by atoms with van der Waals surface area (Å²) in [7, 11) is 0. The van der Waals surface area contributed by atoms with Gasteiger partial charge in [0.05, 0.1) is 10.0 Å². The van der Waals surface area contributed by atoms with Gasteiger partial charge in [0, 0.05) is 6.54 Å². The molecule has 0 aliphatic rings. The minimum atomic E-state index is -0.613. The Morgan fingerprint density at radius 2 is 1.83 bits per heavy atom. The van der Waals surface area contributed by atoms with Gasteiger partial charge in [-0.1, -0.05) is 35.3 Å². The molecule has 0 spiro atoms. The molecule has 2 aromatic carbocycles. The van der Waals surface area contributed by atoms with Gasteiger partial charge in [-0.2, -0.15) is 0 Å². The van der Waals surface area contributed by atoms with Crippen molar-refractivity contribution in [2.75, 3.05) is 0 Å². The molecule has 0 unspecified atom stereocenters. The molecule has 0 aromatic heterocycles. The Balaban J connectivity index is 2.31. The monoisotopic (exact) mass is 285 g/mol. The summed E-state index contributed by atoms with van der Waals surface area (Å²) in [6, 6.07) is 9.62. The van der Waals surface area contributed by atoms with Gasteiger partial charge in [0.25, 0.3) is 0 Å². The molecule has 0 fully saturated rings. The molecule has 94 valence electrons. The quantitative estimate of drug-likeness (QED) is 0.908. The first kappa shape index (κ1) is 13.1. The van der Waals surface area contributed by atoms with Crippen molar-refractivity contribution in [1.82, 2.24) is 0 Å². The molecule has 18 heavy (non-hydrogen) atoms. The molecular weight excluding hydrogens is 276 g/mol. The molecule has 0 radical (unpaired) electrons. The third-order valence-corrected chi connectivity index (χ3v) is 2.96. The standard InChI is InChI=1S/C13H10Cl2FNO/c14-9-2-1-3-12(13(9)16)18-11-5-4-8(7-17)6-10(11)15/h1-6H,7,17H2. The number of hydrogen-bond donors (Lipinski definition) is 1. The lowest BCUT2D eigenvalue weighted by molar-refractivity contribution is 0.442. The topological polar surface area (TPSA) is 35.2 Å². The predicted octanol–water partition coefficient (Wildman–Crippen LogP) is 4.38. The second-order valence-electron chi connectivity index (χ2n) is 3.62. The predicted molar refractivity (Wildman–Crippen MR) is 70.8 cm³/mol. The summed E-state index contributed by atoms with van der Waals surface area (Å²) in [5.41, 5.74) is 6.36. The van der Waals surface area contributed by atoms with Crippen LogP contribution >= 0.6 is 23.2 Å². The number of ether oxygens (including phenoxy) is 1. The minimum absolute atomic E-state index is 0.00204. The maximum Gasteiger partial charge on any atom is 0.184 e. The molecule has 0 saturated heterocycles. The molecule has 0 aliphatic carbocycles. The van der Waals surface area contributed by atoms with E-state index in [0.29, 0.717) is 17.3 Å². The smallest absolute Gasteiger partial charge is 0.184 e. The maximum atomic E-state index is 13.6. The van der Waals surface area contributed by atoms with Gasteiger partial charge in [0.2, 0.25) is 0 Å². The van der Waals surface area contributed by atoms with Gasteiger partial charge in [0.1, 0.15) is 5.75 Å². The van der Waals surface area contributed by atoms with Crippen LogP contribution in [0.25, 0.3) is 0 Å². The van der Waals surface area contributed by atoms with E-state index in [1.165, 1.54) is 12.1 Å². The van der Waals surface area contributed by atoms with Crippen molar-refractivity contribution >= 4 is 23.2 Å². The zero-order valence-corrected chi connectivity index (χ0v) is 10.8. The number of nitrogens with two attached hydrogens (primary N) is 1. The molecule has 5 heteroatoms. The first-order chi connectivity index (χ1) is 8.61. The van der Waals surface area contributed by atoms with E-state index in [1.807, 2.05) is 0 Å². The maximum absolute atomic E-state index is 13.6. The van der Waals surface area contributed by atoms with Gasteiger partial charge in [-0.3, -0.25) is 0 Å². The lowest BCUT2D eigenvalue weighted by Gasteiger charge is -2.09. The van der Waals surface area contributed by atoms with Crippen LogP contribution in [0.15, 0.2) is 36.4 Å². The van der Waals surface area contributed by atoms with Gasteiger partial charge in [-0.05, 0) is 29.8 Å². The van der Waals surface area contributed by atoms with Crippen molar-refractivity contribution < 1.29 is 9.13 Å². The fourth-order valence-electron chi connectivity index (χ4n) is 1.44. The van der Waals surface area contributed by atoms with E-state index in [2.05, 4.69) is 0 Å². The van der Waals surface area contributed by atoms with Crippen LogP contribution in [0.4, 0.5) is 4.39 Å². The second kappa shape index (κ2) is 5.57.